The molecule has 138 valence electrons. The van der Waals surface area contributed by atoms with Gasteiger partial charge in [-0.15, -0.1) is 0 Å². The van der Waals surface area contributed by atoms with E-state index in [4.69, 9.17) is 11.6 Å². The number of nitrogens with zero attached hydrogens (tertiary/aromatic N) is 3. The Balaban J connectivity index is 0.00000196. The van der Waals surface area contributed by atoms with Crippen LogP contribution in [0.3, 0.4) is 0 Å². The van der Waals surface area contributed by atoms with E-state index in [-0.39, 0.29) is 41.8 Å². The number of fused-ring (bicyclic) bond motifs is 1. The average Bonchev–Trinajstić information content (AvgIpc) is 2.81. The first-order valence-electron chi connectivity index (χ1n) is 7.32. The first-order chi connectivity index (χ1) is 12.1. The Morgan fingerprint density at radius 2 is 2.00 bits per heavy atom. The smallest absolute Gasteiger partial charge is 1.00 e. The number of rotatable bonds is 3. The molecule has 1 aromatic carbocycles. The van der Waals surface area contributed by atoms with Crippen LogP contribution >= 0.6 is 11.6 Å². The average molecular weight is 409 g/mol. The summed E-state index contributed by atoms with van der Waals surface area (Å²) in [6.45, 7) is 5.93. The molecule has 2 heterocycles. The number of nitrogens with one attached hydrogen (secondary N) is 1. The Hall–Kier alpha value is -1.81. The van der Waals surface area contributed by atoms with E-state index in [0.717, 1.165) is 5.57 Å². The molecule has 0 spiro atoms. The molecule has 0 radical (unpaired) electrons. The fraction of sp³-hybridized carbons (Fsp3) is 0.188. The molecule has 0 aliphatic heterocycles. The summed E-state index contributed by atoms with van der Waals surface area (Å²) in [7, 11) is 0. The van der Waals surface area contributed by atoms with Gasteiger partial charge in [-0.25, -0.2) is 9.36 Å². The maximum absolute atomic E-state index is 12.7. The first kappa shape index (κ1) is 21.5. The molecule has 0 amide bonds. The second-order valence-corrected chi connectivity index (χ2v) is 6.12. The van der Waals surface area contributed by atoms with Crippen LogP contribution in [0.1, 0.15) is 14.0 Å². The summed E-state index contributed by atoms with van der Waals surface area (Å²) in [5.41, 5.74) is -2.29. The third-order valence-corrected chi connectivity index (χ3v) is 3.89. The Labute approximate surface area is 179 Å². The van der Waals surface area contributed by atoms with Crippen molar-refractivity contribution in [3.05, 3.63) is 68.1 Å². The van der Waals surface area contributed by atoms with Gasteiger partial charge in [-0.05, 0) is 25.1 Å². The van der Waals surface area contributed by atoms with Crippen molar-refractivity contribution in [1.82, 2.24) is 19.3 Å². The van der Waals surface area contributed by atoms with Gasteiger partial charge in [0.05, 0.1) is 17.7 Å². The van der Waals surface area contributed by atoms with Gasteiger partial charge in [0.2, 0.25) is 0 Å². The van der Waals surface area contributed by atoms with Crippen molar-refractivity contribution in [3.8, 4) is 5.69 Å². The minimum atomic E-state index is -4.82. The fourth-order valence-corrected chi connectivity index (χ4v) is 2.78. The van der Waals surface area contributed by atoms with Crippen LogP contribution in [-0.2, 0) is 12.7 Å². The summed E-state index contributed by atoms with van der Waals surface area (Å²) in [5.74, 6) is 0. The number of aromatic amines is 1. The number of benzene rings is 1. The molecule has 6 nitrogen and oxygen atoms in total. The second-order valence-electron chi connectivity index (χ2n) is 5.77. The van der Waals surface area contributed by atoms with E-state index in [9.17, 15) is 22.8 Å². The van der Waals surface area contributed by atoms with Crippen LogP contribution in [0.2, 0.25) is 5.15 Å². The number of alkyl halides is 3. The van der Waals surface area contributed by atoms with E-state index in [1.165, 1.54) is 16.8 Å². The van der Waals surface area contributed by atoms with E-state index in [1.807, 2.05) is 0 Å². The largest absolute Gasteiger partial charge is 1.00 e. The van der Waals surface area contributed by atoms with Gasteiger partial charge in [-0.3, -0.25) is 9.48 Å². The second kappa shape index (κ2) is 7.67. The van der Waals surface area contributed by atoms with E-state index >= 15 is 0 Å². The van der Waals surface area contributed by atoms with Crippen LogP contribution in [0.4, 0.5) is 13.2 Å². The van der Waals surface area contributed by atoms with Crippen LogP contribution in [0.15, 0.2) is 46.0 Å². The zero-order valence-electron chi connectivity index (χ0n) is 15.4. The van der Waals surface area contributed by atoms with Gasteiger partial charge in [0.15, 0.2) is 5.15 Å². The van der Waals surface area contributed by atoms with Crippen LogP contribution < -0.4 is 40.8 Å². The Morgan fingerprint density at radius 3 is 2.56 bits per heavy atom. The zero-order valence-corrected chi connectivity index (χ0v) is 17.1. The fourth-order valence-electron chi connectivity index (χ4n) is 2.53. The summed E-state index contributed by atoms with van der Waals surface area (Å²) in [4.78, 5) is 25.8. The summed E-state index contributed by atoms with van der Waals surface area (Å²) in [6.07, 6.45) is -4.82. The van der Waals surface area contributed by atoms with Gasteiger partial charge in [0.1, 0.15) is 5.69 Å². The molecule has 1 N–H and O–H groups in total. The molecule has 27 heavy (non-hydrogen) atoms. The predicted molar refractivity (Wildman–Crippen MR) is 91.9 cm³/mol. The van der Waals surface area contributed by atoms with Crippen molar-refractivity contribution in [3.63, 3.8) is 0 Å². The molecule has 0 bridgehead atoms. The summed E-state index contributed by atoms with van der Waals surface area (Å²) in [6, 6.07) is 4.74. The Morgan fingerprint density at radius 1 is 1.33 bits per heavy atom. The molecule has 0 aliphatic rings. The number of halogens is 4. The normalized spacial score (nSPS) is 11.4. The van der Waals surface area contributed by atoms with Crippen LogP contribution in [0.5, 0.6) is 0 Å². The maximum Gasteiger partial charge on any atom is 1.00 e. The number of H-pyrrole nitrogens is 1. The molecular formula is C16H13ClF3N4NaO2. The minimum Gasteiger partial charge on any atom is -1.00 e. The van der Waals surface area contributed by atoms with Crippen molar-refractivity contribution in [2.24, 2.45) is 0 Å². The minimum absolute atomic E-state index is 0. The number of aromatic nitrogens is 4. The first-order valence-corrected chi connectivity index (χ1v) is 7.70. The molecule has 0 aliphatic carbocycles. The molecule has 0 saturated heterocycles. The van der Waals surface area contributed by atoms with Crippen LogP contribution in [0, 0.1) is 0 Å². The monoisotopic (exact) mass is 408 g/mol. The molecule has 11 heteroatoms. The molecule has 0 unspecified atom stereocenters. The Bertz CT molecular complexity index is 1120. The van der Waals surface area contributed by atoms with Gasteiger partial charge in [0.25, 0.3) is 5.56 Å². The molecular weight excluding hydrogens is 396 g/mol. The summed E-state index contributed by atoms with van der Waals surface area (Å²) in [5, 5.41) is 4.96. The number of hydrogen-bond acceptors (Lipinski definition) is 3. The quantitative estimate of drug-likeness (QED) is 0.498. The summed E-state index contributed by atoms with van der Waals surface area (Å²) >= 11 is 6.07. The number of hydrogen-bond donors (Lipinski definition) is 1. The van der Waals surface area contributed by atoms with Crippen molar-refractivity contribution in [2.45, 2.75) is 19.6 Å². The van der Waals surface area contributed by atoms with E-state index in [2.05, 4.69) is 11.7 Å². The van der Waals surface area contributed by atoms with Crippen molar-refractivity contribution < 1.29 is 44.2 Å². The molecule has 0 saturated carbocycles. The van der Waals surface area contributed by atoms with Crippen LogP contribution in [-0.4, -0.2) is 19.3 Å². The van der Waals surface area contributed by atoms with E-state index in [1.54, 1.807) is 18.0 Å². The standard InChI is InChI=1S/C16H12ClF3N4O2.Na.H/c1-8(2)7-23-11-5-9(3-4-10(11)14(17)22-23)24-13(25)6-12(16(18,19)20)21-15(24)26;;/h3-6H,1,7H2,2H3,(H,21,26);;/q;+1;-1. The third kappa shape index (κ3) is 4.21. The SMILES string of the molecule is C=C(C)Cn1nc(Cl)c2ccc(-n3c(=O)cc(C(F)(F)F)[nH]c3=O)cc21.[H-].[Na+]. The van der Waals surface area contributed by atoms with Crippen molar-refractivity contribution in [2.75, 3.05) is 0 Å². The Kier molecular flexibility index (Phi) is 6.10. The maximum atomic E-state index is 12.7. The van der Waals surface area contributed by atoms with E-state index < -0.39 is 23.1 Å². The van der Waals surface area contributed by atoms with Gasteiger partial charge in [-0.1, -0.05) is 23.8 Å². The van der Waals surface area contributed by atoms with Gasteiger partial charge < -0.3 is 6.41 Å². The van der Waals surface area contributed by atoms with Gasteiger partial charge in [-0.2, -0.15) is 18.3 Å². The molecule has 3 aromatic rings. The van der Waals surface area contributed by atoms with Crippen molar-refractivity contribution >= 4 is 22.5 Å². The topological polar surface area (TPSA) is 72.7 Å². The predicted octanol–water partition coefficient (Wildman–Crippen LogP) is 0.240. The van der Waals surface area contributed by atoms with Crippen molar-refractivity contribution in [1.29, 1.82) is 0 Å². The van der Waals surface area contributed by atoms with Gasteiger partial charge >= 0.3 is 41.4 Å². The zero-order chi connectivity index (χ0) is 19.2. The molecule has 2 aromatic heterocycles. The molecule has 3 rings (SSSR count). The molecule has 0 atom stereocenters. The van der Waals surface area contributed by atoms with E-state index in [0.29, 0.717) is 28.1 Å². The molecule has 0 fully saturated rings. The van der Waals surface area contributed by atoms with Crippen LogP contribution in [0.25, 0.3) is 16.6 Å². The van der Waals surface area contributed by atoms with Gasteiger partial charge in [0, 0.05) is 11.5 Å². The third-order valence-electron chi connectivity index (χ3n) is 3.61. The summed E-state index contributed by atoms with van der Waals surface area (Å²) < 4.78 is 40.3. The number of allylic oxidation sites excluding steroid dienone is 1.